The van der Waals surface area contributed by atoms with Crippen LogP contribution in [0.25, 0.3) is 11.0 Å². The van der Waals surface area contributed by atoms with Gasteiger partial charge in [-0.1, -0.05) is 30.1 Å². The first-order valence-electron chi connectivity index (χ1n) is 9.14. The predicted molar refractivity (Wildman–Crippen MR) is 117 cm³/mol. The summed E-state index contributed by atoms with van der Waals surface area (Å²) in [6.45, 7) is 1.49. The van der Waals surface area contributed by atoms with Crippen molar-refractivity contribution < 1.29 is 31.3 Å². The molecular weight excluding hydrogens is 483 g/mol. The number of hydrogen-bond donors (Lipinski definition) is 1. The minimum Gasteiger partial charge on any atom is -0.493 e. The quantitative estimate of drug-likeness (QED) is 0.486. The van der Waals surface area contributed by atoms with Gasteiger partial charge in [0, 0.05) is 23.3 Å². The molecule has 32 heavy (non-hydrogen) atoms. The van der Waals surface area contributed by atoms with E-state index in [9.17, 15) is 18.0 Å². The second kappa shape index (κ2) is 9.07. The Morgan fingerprint density at radius 3 is 2.41 bits per heavy atom. The van der Waals surface area contributed by atoms with Crippen LogP contribution in [0.4, 0.5) is 0 Å². The fourth-order valence-corrected chi connectivity index (χ4v) is 4.78. The molecule has 0 bridgehead atoms. The van der Waals surface area contributed by atoms with Crippen molar-refractivity contribution in [3.8, 4) is 5.75 Å². The number of hydrogen-bond acceptors (Lipinski definition) is 8. The van der Waals surface area contributed by atoms with Gasteiger partial charge >= 0.3 is 0 Å². The molecule has 3 aromatic rings. The van der Waals surface area contributed by atoms with Crippen molar-refractivity contribution in [3.05, 3.63) is 58.0 Å². The lowest BCUT2D eigenvalue weighted by atomic mass is 9.90. The molecule has 1 N–H and O–H groups in total. The molecule has 1 aromatic carbocycles. The number of imide groups is 1. The fourth-order valence-electron chi connectivity index (χ4n) is 3.31. The van der Waals surface area contributed by atoms with Crippen LogP contribution in [0.2, 0.25) is 10.0 Å². The van der Waals surface area contributed by atoms with Gasteiger partial charge in [0.25, 0.3) is 21.9 Å². The largest absolute Gasteiger partial charge is 0.493 e. The van der Waals surface area contributed by atoms with Gasteiger partial charge in [-0.25, -0.2) is 4.18 Å². The molecule has 0 aliphatic carbocycles. The van der Waals surface area contributed by atoms with E-state index in [0.29, 0.717) is 16.7 Å². The van der Waals surface area contributed by atoms with E-state index < -0.39 is 27.5 Å². The lowest BCUT2D eigenvalue weighted by Crippen LogP contribution is -2.49. The first-order chi connectivity index (χ1) is 15.0. The van der Waals surface area contributed by atoms with Crippen molar-refractivity contribution in [2.75, 3.05) is 13.4 Å². The lowest BCUT2D eigenvalue weighted by molar-refractivity contribution is -0.136. The highest BCUT2D eigenvalue weighted by Crippen LogP contribution is 2.40. The average molecular weight is 501 g/mol. The summed E-state index contributed by atoms with van der Waals surface area (Å²) in [6.07, 6.45) is 4.30. The second-order valence-electron chi connectivity index (χ2n) is 6.71. The third-order valence-electron chi connectivity index (χ3n) is 4.69. The van der Waals surface area contributed by atoms with Gasteiger partial charge in [-0.2, -0.15) is 8.42 Å². The van der Waals surface area contributed by atoms with E-state index in [0.717, 1.165) is 6.26 Å². The Morgan fingerprint density at radius 2 is 1.84 bits per heavy atom. The van der Waals surface area contributed by atoms with Gasteiger partial charge in [-0.05, 0) is 24.6 Å². The summed E-state index contributed by atoms with van der Waals surface area (Å²) in [5.74, 6) is -1.50. The first-order valence-corrected chi connectivity index (χ1v) is 11.7. The number of furan rings is 1. The molecule has 2 heterocycles. The van der Waals surface area contributed by atoms with E-state index in [1.54, 1.807) is 0 Å². The highest BCUT2D eigenvalue weighted by atomic mass is 35.5. The van der Waals surface area contributed by atoms with E-state index in [-0.39, 0.29) is 27.6 Å². The highest BCUT2D eigenvalue weighted by Gasteiger charge is 2.47. The summed E-state index contributed by atoms with van der Waals surface area (Å²) < 4.78 is 39.9. The molecule has 0 spiro atoms. The van der Waals surface area contributed by atoms with Crippen LogP contribution in [-0.4, -0.2) is 38.6 Å². The van der Waals surface area contributed by atoms with E-state index in [1.807, 2.05) is 0 Å². The van der Waals surface area contributed by atoms with Gasteiger partial charge in [0.15, 0.2) is 16.9 Å². The molecule has 0 aliphatic heterocycles. The topological polar surface area (TPSA) is 125 Å². The number of carbonyl (C=O) groups excluding carboxylic acids is 2. The zero-order valence-corrected chi connectivity index (χ0v) is 19.5. The van der Waals surface area contributed by atoms with Crippen LogP contribution in [0, 0.1) is 0 Å². The van der Waals surface area contributed by atoms with Crippen LogP contribution in [0.5, 0.6) is 5.75 Å². The normalized spacial score (nSPS) is 13.5. The standard InChI is InChI=1S/C20H18Cl2N2O7S/c1-4-20(31-32(3,27)28,16-13(21)9-23-10-14(16)22)19(26)24-18(25)12-5-6-15(29-2)17-11(12)7-8-30-17/h5-10H,4H2,1-3H3,(H,24,25,26). The SMILES string of the molecule is CCC(OS(C)(=O)=O)(C(=O)NC(=O)c1ccc(OC)c2occc12)c1c(Cl)cncc1Cl. The molecule has 0 fully saturated rings. The second-order valence-corrected chi connectivity index (χ2v) is 9.10. The Bertz CT molecular complexity index is 1290. The van der Waals surface area contributed by atoms with Gasteiger partial charge in [0.2, 0.25) is 0 Å². The molecule has 0 saturated carbocycles. The number of nitrogens with zero attached hydrogens (tertiary/aromatic N) is 1. The van der Waals surface area contributed by atoms with E-state index in [4.69, 9.17) is 36.5 Å². The van der Waals surface area contributed by atoms with Crippen LogP contribution in [-0.2, 0) is 24.7 Å². The van der Waals surface area contributed by atoms with Crippen LogP contribution in [0.15, 0.2) is 41.3 Å². The van der Waals surface area contributed by atoms with Crippen molar-refractivity contribution in [2.45, 2.75) is 18.9 Å². The van der Waals surface area contributed by atoms with E-state index >= 15 is 0 Å². The average Bonchev–Trinajstić information content (AvgIpc) is 3.20. The number of amides is 2. The molecule has 1 unspecified atom stereocenters. The summed E-state index contributed by atoms with van der Waals surface area (Å²) in [7, 11) is -2.75. The van der Waals surface area contributed by atoms with Gasteiger partial charge < -0.3 is 9.15 Å². The first kappa shape index (κ1) is 24.0. The monoisotopic (exact) mass is 500 g/mol. The molecule has 0 radical (unpaired) electrons. The van der Waals surface area contributed by atoms with Crippen molar-refractivity contribution in [1.29, 1.82) is 0 Å². The summed E-state index contributed by atoms with van der Waals surface area (Å²) in [6, 6.07) is 4.48. The minimum absolute atomic E-state index is 0.0965. The molecule has 1 atom stereocenters. The predicted octanol–water partition coefficient (Wildman–Crippen LogP) is 3.68. The molecule has 2 aromatic heterocycles. The third kappa shape index (κ3) is 4.44. The number of benzene rings is 1. The molecule has 3 rings (SSSR count). The molecule has 12 heteroatoms. The van der Waals surface area contributed by atoms with Crippen molar-refractivity contribution >= 4 is 56.1 Å². The maximum atomic E-state index is 13.4. The number of pyridine rings is 1. The highest BCUT2D eigenvalue weighted by molar-refractivity contribution is 7.86. The van der Waals surface area contributed by atoms with E-state index in [1.165, 1.54) is 50.9 Å². The van der Waals surface area contributed by atoms with Gasteiger partial charge in [-0.15, -0.1) is 0 Å². The minimum atomic E-state index is -4.20. The number of nitrogens with one attached hydrogen (secondary N) is 1. The third-order valence-corrected chi connectivity index (χ3v) is 5.85. The molecule has 0 saturated heterocycles. The van der Waals surface area contributed by atoms with Crippen LogP contribution in [0.1, 0.15) is 29.3 Å². The Morgan fingerprint density at radius 1 is 1.19 bits per heavy atom. The van der Waals surface area contributed by atoms with E-state index in [2.05, 4.69) is 10.3 Å². The molecule has 170 valence electrons. The zero-order valence-electron chi connectivity index (χ0n) is 17.1. The van der Waals surface area contributed by atoms with Crippen molar-refractivity contribution in [3.63, 3.8) is 0 Å². The molecule has 2 amide bonds. The summed E-state index contributed by atoms with van der Waals surface area (Å²) >= 11 is 12.4. The number of aromatic nitrogens is 1. The number of halogens is 2. The molecule has 0 aliphatic rings. The Balaban J connectivity index is 2.09. The zero-order chi connectivity index (χ0) is 23.7. The number of ether oxygens (including phenoxy) is 1. The van der Waals surface area contributed by atoms with Gasteiger partial charge in [0.05, 0.1) is 35.2 Å². The van der Waals surface area contributed by atoms with Crippen LogP contribution in [0.3, 0.4) is 0 Å². The van der Waals surface area contributed by atoms with Gasteiger partial charge in [0.1, 0.15) is 0 Å². The van der Waals surface area contributed by atoms with Crippen LogP contribution < -0.4 is 10.1 Å². The maximum absolute atomic E-state index is 13.4. The number of carbonyl (C=O) groups is 2. The number of rotatable bonds is 7. The summed E-state index contributed by atoms with van der Waals surface area (Å²) in [5.41, 5.74) is -1.94. The lowest BCUT2D eigenvalue weighted by Gasteiger charge is -2.31. The molecule has 9 nitrogen and oxygen atoms in total. The van der Waals surface area contributed by atoms with Crippen molar-refractivity contribution in [1.82, 2.24) is 10.3 Å². The van der Waals surface area contributed by atoms with Crippen LogP contribution >= 0.6 is 23.2 Å². The number of methoxy groups -OCH3 is 1. The number of fused-ring (bicyclic) bond motifs is 1. The fraction of sp³-hybridized carbons (Fsp3) is 0.250. The summed E-state index contributed by atoms with van der Waals surface area (Å²) in [5, 5.41) is 2.38. The summed E-state index contributed by atoms with van der Waals surface area (Å²) in [4.78, 5) is 30.2. The molecular formula is C20H18Cl2N2O7S. The smallest absolute Gasteiger partial charge is 0.265 e. The Labute approximate surface area is 193 Å². The van der Waals surface area contributed by atoms with Gasteiger partial charge in [-0.3, -0.25) is 19.9 Å². The maximum Gasteiger partial charge on any atom is 0.265 e. The Kier molecular flexibility index (Phi) is 6.80. The Hall–Kier alpha value is -2.66. The van der Waals surface area contributed by atoms with Crippen molar-refractivity contribution in [2.24, 2.45) is 0 Å².